The van der Waals surface area contributed by atoms with Gasteiger partial charge in [-0.3, -0.25) is 5.50 Å². The zero-order valence-electron chi connectivity index (χ0n) is 6.19. The summed E-state index contributed by atoms with van der Waals surface area (Å²) >= 11 is 0. The van der Waals surface area contributed by atoms with Gasteiger partial charge in [-0.05, 0) is 0 Å². The van der Waals surface area contributed by atoms with Gasteiger partial charge in [-0.1, -0.05) is 0 Å². The molecule has 0 aliphatic carbocycles. The van der Waals surface area contributed by atoms with Crippen LogP contribution in [0.1, 0.15) is 13.3 Å². The molecule has 0 aromatic carbocycles. The van der Waals surface area contributed by atoms with Crippen LogP contribution in [-0.4, -0.2) is 11.5 Å². The number of hydrogen-bond donors (Lipinski definition) is 2. The Morgan fingerprint density at radius 3 is 2.36 bits per heavy atom. The van der Waals surface area contributed by atoms with Gasteiger partial charge < -0.3 is 9.42 Å². The van der Waals surface area contributed by atoms with Gasteiger partial charge in [0.25, 0.3) is 0 Å². The van der Waals surface area contributed by atoms with Gasteiger partial charge in [0.1, 0.15) is 0 Å². The molecule has 0 aliphatic heterocycles. The smallest absolute Gasteiger partial charge is 0.250 e. The maximum atomic E-state index is 8.29. The van der Waals surface area contributed by atoms with E-state index in [1.807, 2.05) is 6.07 Å². The van der Waals surface area contributed by atoms with Gasteiger partial charge in [-0.15, -0.1) is 0 Å². The van der Waals surface area contributed by atoms with Gasteiger partial charge >= 0.3 is 0 Å². The van der Waals surface area contributed by atoms with Gasteiger partial charge in [0.05, 0.1) is 25.2 Å². The molecule has 0 spiro atoms. The second kappa shape index (κ2) is 12.0. The molecular weight excluding hydrogens is 165 g/mol. The van der Waals surface area contributed by atoms with Crippen molar-refractivity contribution in [3.63, 3.8) is 0 Å². The fourth-order valence-corrected chi connectivity index (χ4v) is 0.463. The third-order valence-corrected chi connectivity index (χ3v) is 0.885. The molecule has 0 aromatic heterocycles. The molecule has 11 heavy (non-hydrogen) atoms. The van der Waals surface area contributed by atoms with Gasteiger partial charge in [0.15, 0.2) is 0 Å². The average Bonchev–Trinajstić information content (AvgIpc) is 1.89. The molecule has 0 aliphatic rings. The van der Waals surface area contributed by atoms with Crippen molar-refractivity contribution < 1.29 is 9.42 Å². The first-order valence-electron chi connectivity index (χ1n) is 2.73. The summed E-state index contributed by atoms with van der Waals surface area (Å²) in [6.45, 7) is 1.65. The predicted molar refractivity (Wildman–Crippen MR) is 40.8 cm³/mol. The van der Waals surface area contributed by atoms with E-state index in [9.17, 15) is 0 Å². The summed E-state index contributed by atoms with van der Waals surface area (Å²) in [6.07, 6.45) is 0.274. The summed E-state index contributed by atoms with van der Waals surface area (Å²) in [5, 5.41) is 15.3. The molecule has 62 valence electrons. The van der Waals surface area contributed by atoms with Crippen molar-refractivity contribution in [1.82, 2.24) is 0 Å². The highest BCUT2D eigenvalue weighted by Gasteiger charge is 1.92. The molecule has 5 nitrogen and oxygen atoms in total. The van der Waals surface area contributed by atoms with Crippen LogP contribution < -0.4 is 5.50 Å². The Labute approximate surface area is 67.0 Å². The van der Waals surface area contributed by atoms with Crippen LogP contribution >= 0.6 is 8.53 Å². The van der Waals surface area contributed by atoms with Crippen LogP contribution in [0.15, 0.2) is 0 Å². The molecule has 3 N–H and O–H groups in total. The van der Waals surface area contributed by atoms with Crippen molar-refractivity contribution in [2.45, 2.75) is 13.3 Å². The lowest BCUT2D eigenvalue weighted by Crippen LogP contribution is -1.93. The molecule has 0 aromatic rings. The van der Waals surface area contributed by atoms with E-state index < -0.39 is 8.53 Å². The van der Waals surface area contributed by atoms with Gasteiger partial charge in [0, 0.05) is 6.92 Å². The van der Waals surface area contributed by atoms with Crippen LogP contribution in [0.5, 0.6) is 0 Å². The van der Waals surface area contributed by atoms with Crippen molar-refractivity contribution in [2.24, 2.45) is 5.50 Å². The van der Waals surface area contributed by atoms with Crippen LogP contribution in [0.2, 0.25) is 0 Å². The number of nitrogens with zero attached hydrogens (tertiary/aromatic N) is 2. The maximum absolute atomic E-state index is 8.29. The fourth-order valence-electron chi connectivity index (χ4n) is 0.185. The quantitative estimate of drug-likeness (QED) is 0.483. The lowest BCUT2D eigenvalue weighted by molar-refractivity contribution is 0.318. The van der Waals surface area contributed by atoms with Crippen LogP contribution in [0.4, 0.5) is 0 Å². The Hall–Kier alpha value is -0.710. The summed E-state index contributed by atoms with van der Waals surface area (Å²) < 4.78 is 4.46. The molecule has 0 fully saturated rings. The first-order valence-corrected chi connectivity index (χ1v) is 4.01. The predicted octanol–water partition coefficient (Wildman–Crippen LogP) is 0.624. The Bertz CT molecular complexity index is 149. The van der Waals surface area contributed by atoms with E-state index >= 15 is 0 Å². The summed E-state index contributed by atoms with van der Waals surface area (Å²) in [5.41, 5.74) is 4.82. The molecule has 6 heteroatoms. The summed E-state index contributed by atoms with van der Waals surface area (Å²) in [5.74, 6) is 0. The third-order valence-electron chi connectivity index (χ3n) is 0.437. The van der Waals surface area contributed by atoms with Gasteiger partial charge in [0.2, 0.25) is 8.53 Å². The Morgan fingerprint density at radius 1 is 1.64 bits per heavy atom. The second-order valence-corrected chi connectivity index (χ2v) is 2.13. The first kappa shape index (κ1) is 12.9. The van der Waals surface area contributed by atoms with E-state index in [1.165, 1.54) is 6.92 Å². The molecule has 0 bridgehead atoms. The van der Waals surface area contributed by atoms with Crippen molar-refractivity contribution in [3.8, 4) is 12.1 Å². The minimum Gasteiger partial charge on any atom is -0.338 e. The monoisotopic (exact) mass is 175 g/mol. The van der Waals surface area contributed by atoms with Crippen LogP contribution in [0.3, 0.4) is 0 Å². The van der Waals surface area contributed by atoms with Crippen molar-refractivity contribution in [2.75, 3.05) is 6.61 Å². The topological polar surface area (TPSA) is 103 Å². The van der Waals surface area contributed by atoms with Gasteiger partial charge in [-0.2, -0.15) is 10.5 Å². The zero-order valence-corrected chi connectivity index (χ0v) is 7.08. The van der Waals surface area contributed by atoms with E-state index in [-0.39, 0.29) is 13.0 Å². The van der Waals surface area contributed by atoms with Crippen LogP contribution in [0.25, 0.3) is 0 Å². The van der Waals surface area contributed by atoms with Crippen molar-refractivity contribution in [3.05, 3.63) is 0 Å². The molecule has 1 unspecified atom stereocenters. The molecule has 0 saturated carbocycles. The third kappa shape index (κ3) is 26.8. The van der Waals surface area contributed by atoms with Crippen LogP contribution in [0, 0.1) is 22.7 Å². The number of rotatable bonds is 3. The second-order valence-electron chi connectivity index (χ2n) is 1.27. The fraction of sp³-hybridized carbons (Fsp3) is 0.600. The summed E-state index contributed by atoms with van der Waals surface area (Å²) in [6, 6.07) is 3.59. The Morgan fingerprint density at radius 2 is 2.09 bits per heavy atom. The van der Waals surface area contributed by atoms with E-state index in [1.54, 1.807) is 6.07 Å². The molecule has 0 saturated heterocycles. The zero-order chi connectivity index (χ0) is 9.11. The molecule has 0 rings (SSSR count). The van der Waals surface area contributed by atoms with Crippen molar-refractivity contribution in [1.29, 1.82) is 10.5 Å². The SMILES string of the molecule is CC#N.N#CCCOP(N)O. The number of hydrogen-bond acceptors (Lipinski definition) is 5. The molecule has 1 atom stereocenters. The summed E-state index contributed by atoms with van der Waals surface area (Å²) in [7, 11) is -1.76. The van der Waals surface area contributed by atoms with Crippen LogP contribution in [-0.2, 0) is 4.52 Å². The molecule has 0 radical (unpaired) electrons. The number of nitriles is 2. The minimum atomic E-state index is -1.76. The van der Waals surface area contributed by atoms with Crippen molar-refractivity contribution >= 4 is 8.53 Å². The highest BCUT2D eigenvalue weighted by atomic mass is 31.2. The van der Waals surface area contributed by atoms with E-state index in [4.69, 9.17) is 20.9 Å². The molecular formula is C5H10N3O2P. The molecule has 0 amide bonds. The largest absolute Gasteiger partial charge is 0.338 e. The summed E-state index contributed by atoms with van der Waals surface area (Å²) in [4.78, 5) is 8.29. The maximum Gasteiger partial charge on any atom is 0.250 e. The normalized spacial score (nSPS) is 9.91. The van der Waals surface area contributed by atoms with Gasteiger partial charge in [-0.25, -0.2) is 0 Å². The average molecular weight is 175 g/mol. The van der Waals surface area contributed by atoms with E-state index in [2.05, 4.69) is 4.52 Å². The highest BCUT2D eigenvalue weighted by Crippen LogP contribution is 2.18. The highest BCUT2D eigenvalue weighted by molar-refractivity contribution is 7.43. The van der Waals surface area contributed by atoms with E-state index in [0.29, 0.717) is 0 Å². The standard InChI is InChI=1S/C3H7N2O2P.C2H3N/c4-2-1-3-7-8(5)6;1-2-3/h6H,1,3,5H2;1H3. The number of nitrogens with two attached hydrogens (primary N) is 1. The lowest BCUT2D eigenvalue weighted by atomic mass is 10.5. The van der Waals surface area contributed by atoms with E-state index in [0.717, 1.165) is 0 Å². The lowest BCUT2D eigenvalue weighted by Gasteiger charge is -1.99. The minimum absolute atomic E-state index is 0.217. The Kier molecular flexibility index (Phi) is 14.1. The first-order chi connectivity index (χ1) is 5.18. The molecule has 0 heterocycles. The Balaban J connectivity index is 0.